The minimum Gasteiger partial charge on any atom is -0.467 e. The molecule has 0 radical (unpaired) electrons. The van der Waals surface area contributed by atoms with Gasteiger partial charge < -0.3 is 9.47 Å². The van der Waals surface area contributed by atoms with Crippen LogP contribution in [0.15, 0.2) is 33.6 Å². The smallest absolute Gasteiger partial charge is 0.411 e. The summed E-state index contributed by atoms with van der Waals surface area (Å²) < 4.78 is 36.6. The van der Waals surface area contributed by atoms with E-state index in [-0.39, 0.29) is 17.9 Å². The summed E-state index contributed by atoms with van der Waals surface area (Å²) in [7, 11) is -2.52. The Kier molecular flexibility index (Phi) is 6.02. The molecule has 0 spiro atoms. The molecule has 26 heavy (non-hydrogen) atoms. The molecule has 0 N–H and O–H groups in total. The SMILES string of the molecule is COC(=O)[C@@H]1C[C@H](S(=O)(=O)c2ccc(Br)cc2)CN1C(=O)OC(C)(C)C. The molecule has 1 fully saturated rings. The molecule has 0 unspecified atom stereocenters. The number of methoxy groups -OCH3 is 1. The van der Waals surface area contributed by atoms with Crippen molar-refractivity contribution in [1.82, 2.24) is 4.90 Å². The van der Waals surface area contributed by atoms with Crippen molar-refractivity contribution >= 4 is 37.8 Å². The molecular formula is C17H22BrNO6S. The number of halogens is 1. The van der Waals surface area contributed by atoms with Gasteiger partial charge in [0.1, 0.15) is 11.6 Å². The van der Waals surface area contributed by atoms with E-state index in [0.29, 0.717) is 0 Å². The lowest BCUT2D eigenvalue weighted by atomic mass is 10.2. The van der Waals surface area contributed by atoms with Crippen molar-refractivity contribution in [3.8, 4) is 0 Å². The van der Waals surface area contributed by atoms with E-state index < -0.39 is 38.8 Å². The van der Waals surface area contributed by atoms with Crippen molar-refractivity contribution in [2.45, 2.75) is 49.0 Å². The van der Waals surface area contributed by atoms with Crippen molar-refractivity contribution in [2.75, 3.05) is 13.7 Å². The molecule has 7 nitrogen and oxygen atoms in total. The zero-order chi connectivity index (χ0) is 19.7. The van der Waals surface area contributed by atoms with E-state index in [2.05, 4.69) is 15.9 Å². The number of sulfone groups is 1. The molecule has 0 aromatic heterocycles. The molecule has 2 rings (SSSR count). The fraction of sp³-hybridized carbons (Fsp3) is 0.529. The van der Waals surface area contributed by atoms with E-state index in [9.17, 15) is 18.0 Å². The van der Waals surface area contributed by atoms with Gasteiger partial charge in [-0.05, 0) is 51.5 Å². The fourth-order valence-electron chi connectivity index (χ4n) is 2.72. The second-order valence-electron chi connectivity index (χ2n) is 7.03. The number of esters is 1. The van der Waals surface area contributed by atoms with Crippen molar-refractivity contribution in [1.29, 1.82) is 0 Å². The van der Waals surface area contributed by atoms with Crippen LogP contribution in [-0.4, -0.2) is 55.9 Å². The van der Waals surface area contributed by atoms with Crippen LogP contribution in [0.2, 0.25) is 0 Å². The summed E-state index contributed by atoms with van der Waals surface area (Å²) in [5, 5.41) is -0.916. The predicted molar refractivity (Wildman–Crippen MR) is 98.5 cm³/mol. The minimum atomic E-state index is -3.72. The number of nitrogens with zero attached hydrogens (tertiary/aromatic N) is 1. The fourth-order valence-corrected chi connectivity index (χ4v) is 4.68. The maximum Gasteiger partial charge on any atom is 0.411 e. The van der Waals surface area contributed by atoms with Gasteiger partial charge in [-0.2, -0.15) is 0 Å². The maximum absolute atomic E-state index is 12.9. The molecule has 1 heterocycles. The van der Waals surface area contributed by atoms with Crippen LogP contribution in [0.3, 0.4) is 0 Å². The van der Waals surface area contributed by atoms with Crippen molar-refractivity contribution < 1.29 is 27.5 Å². The van der Waals surface area contributed by atoms with E-state index in [1.807, 2.05) is 0 Å². The third-order valence-electron chi connectivity index (χ3n) is 3.94. The lowest BCUT2D eigenvalue weighted by Gasteiger charge is -2.27. The van der Waals surface area contributed by atoms with Gasteiger partial charge in [0.05, 0.1) is 17.3 Å². The first-order valence-electron chi connectivity index (χ1n) is 8.02. The summed E-state index contributed by atoms with van der Waals surface area (Å²) in [6, 6.07) is 5.24. The number of hydrogen-bond donors (Lipinski definition) is 0. The molecule has 2 atom stereocenters. The molecule has 1 aromatic carbocycles. The third-order valence-corrected chi connectivity index (χ3v) is 6.62. The largest absolute Gasteiger partial charge is 0.467 e. The van der Waals surface area contributed by atoms with Gasteiger partial charge in [0.15, 0.2) is 9.84 Å². The quantitative estimate of drug-likeness (QED) is 0.661. The highest BCUT2D eigenvalue weighted by atomic mass is 79.9. The number of carbonyl (C=O) groups excluding carboxylic acids is 2. The van der Waals surface area contributed by atoms with E-state index in [1.54, 1.807) is 32.9 Å². The highest BCUT2D eigenvalue weighted by Gasteiger charge is 2.47. The maximum atomic E-state index is 12.9. The molecule has 0 bridgehead atoms. The zero-order valence-electron chi connectivity index (χ0n) is 15.1. The number of ether oxygens (including phenoxy) is 2. The van der Waals surface area contributed by atoms with Crippen molar-refractivity contribution in [3.63, 3.8) is 0 Å². The highest BCUT2D eigenvalue weighted by molar-refractivity contribution is 9.10. The molecular weight excluding hydrogens is 426 g/mol. The summed E-state index contributed by atoms with van der Waals surface area (Å²) in [5.41, 5.74) is -0.763. The standard InChI is InChI=1S/C17H22BrNO6S/c1-17(2,3)25-16(21)19-10-13(9-14(19)15(20)24-4)26(22,23)12-7-5-11(18)6-8-12/h5-8,13-14H,9-10H2,1-4H3/t13-,14-/m0/s1. The lowest BCUT2D eigenvalue weighted by molar-refractivity contribution is -0.145. The second-order valence-corrected chi connectivity index (χ2v) is 10.2. The molecule has 1 aromatic rings. The Morgan fingerprint density at radius 3 is 2.27 bits per heavy atom. The Balaban J connectivity index is 2.30. The topological polar surface area (TPSA) is 90.0 Å². The van der Waals surface area contributed by atoms with Crippen molar-refractivity contribution in [3.05, 3.63) is 28.7 Å². The van der Waals surface area contributed by atoms with Crippen LogP contribution < -0.4 is 0 Å². The van der Waals surface area contributed by atoms with Gasteiger partial charge in [0.25, 0.3) is 0 Å². The minimum absolute atomic E-state index is 0.0374. The summed E-state index contributed by atoms with van der Waals surface area (Å²) in [6.07, 6.45) is -0.772. The van der Waals surface area contributed by atoms with Gasteiger partial charge in [-0.3, -0.25) is 4.90 Å². The van der Waals surface area contributed by atoms with Crippen LogP contribution >= 0.6 is 15.9 Å². The molecule has 1 aliphatic rings. The number of amides is 1. The Bertz CT molecular complexity index is 784. The first-order chi connectivity index (χ1) is 12.0. The number of carbonyl (C=O) groups is 2. The number of likely N-dealkylation sites (tertiary alicyclic amines) is 1. The normalized spacial score (nSPS) is 20.7. The molecule has 1 amide bonds. The average molecular weight is 448 g/mol. The van der Waals surface area contributed by atoms with E-state index in [0.717, 1.165) is 9.37 Å². The van der Waals surface area contributed by atoms with Gasteiger partial charge in [-0.1, -0.05) is 15.9 Å². The number of benzene rings is 1. The van der Waals surface area contributed by atoms with E-state index >= 15 is 0 Å². The summed E-state index contributed by atoms with van der Waals surface area (Å²) >= 11 is 3.26. The first kappa shape index (κ1) is 20.7. The van der Waals surface area contributed by atoms with Crippen LogP contribution in [0.4, 0.5) is 4.79 Å². The second kappa shape index (κ2) is 7.56. The molecule has 144 valence electrons. The van der Waals surface area contributed by atoms with Gasteiger partial charge in [0, 0.05) is 11.0 Å². The molecule has 0 aliphatic carbocycles. The summed E-state index contributed by atoms with van der Waals surface area (Å²) in [5.74, 6) is -0.663. The van der Waals surface area contributed by atoms with Gasteiger partial charge in [-0.25, -0.2) is 18.0 Å². The lowest BCUT2D eigenvalue weighted by Crippen LogP contribution is -2.44. The highest BCUT2D eigenvalue weighted by Crippen LogP contribution is 2.30. The van der Waals surface area contributed by atoms with Crippen LogP contribution in [0.5, 0.6) is 0 Å². The van der Waals surface area contributed by atoms with Crippen LogP contribution in [0, 0.1) is 0 Å². The molecule has 0 saturated carbocycles. The van der Waals surface area contributed by atoms with E-state index in [1.165, 1.54) is 19.2 Å². The Morgan fingerprint density at radius 1 is 1.19 bits per heavy atom. The summed E-state index contributed by atoms with van der Waals surface area (Å²) in [4.78, 5) is 25.8. The van der Waals surface area contributed by atoms with Crippen LogP contribution in [-0.2, 0) is 24.1 Å². The summed E-state index contributed by atoms with van der Waals surface area (Å²) in [6.45, 7) is 4.96. The van der Waals surface area contributed by atoms with Crippen molar-refractivity contribution in [2.24, 2.45) is 0 Å². The first-order valence-corrected chi connectivity index (χ1v) is 10.4. The molecule has 1 aliphatic heterocycles. The Labute approximate surface area is 161 Å². The monoisotopic (exact) mass is 447 g/mol. The Hall–Kier alpha value is -1.61. The zero-order valence-corrected chi connectivity index (χ0v) is 17.5. The average Bonchev–Trinajstić information content (AvgIpc) is 2.99. The number of hydrogen-bond acceptors (Lipinski definition) is 6. The van der Waals surface area contributed by atoms with Crippen LogP contribution in [0.25, 0.3) is 0 Å². The van der Waals surface area contributed by atoms with Gasteiger partial charge >= 0.3 is 12.1 Å². The number of rotatable bonds is 3. The van der Waals surface area contributed by atoms with E-state index in [4.69, 9.17) is 9.47 Å². The Morgan fingerprint density at radius 2 is 1.77 bits per heavy atom. The third kappa shape index (κ3) is 4.56. The molecule has 9 heteroatoms. The molecule has 1 saturated heterocycles. The van der Waals surface area contributed by atoms with Crippen LogP contribution in [0.1, 0.15) is 27.2 Å². The van der Waals surface area contributed by atoms with Gasteiger partial charge in [0.2, 0.25) is 0 Å². The predicted octanol–water partition coefficient (Wildman–Crippen LogP) is 2.77. The van der Waals surface area contributed by atoms with Gasteiger partial charge in [-0.15, -0.1) is 0 Å².